The third-order valence-corrected chi connectivity index (χ3v) is 3.72. The lowest BCUT2D eigenvalue weighted by Crippen LogP contribution is -2.49. The Labute approximate surface area is 103 Å². The molecule has 1 aliphatic carbocycles. The van der Waals surface area contributed by atoms with Crippen molar-refractivity contribution in [1.82, 2.24) is 5.32 Å². The fourth-order valence-electron chi connectivity index (χ4n) is 2.28. The monoisotopic (exact) mass is 244 g/mol. The van der Waals surface area contributed by atoms with E-state index < -0.39 is 5.41 Å². The van der Waals surface area contributed by atoms with Crippen molar-refractivity contribution < 1.29 is 14.3 Å². The van der Waals surface area contributed by atoms with Crippen molar-refractivity contribution in [3.8, 4) is 0 Å². The van der Waals surface area contributed by atoms with Crippen LogP contribution in [0.1, 0.15) is 26.2 Å². The van der Waals surface area contributed by atoms with E-state index >= 15 is 0 Å². The molecule has 3 N–H and O–H groups in total. The molecule has 0 heterocycles. The zero-order valence-electron chi connectivity index (χ0n) is 11.0. The second kappa shape index (κ2) is 6.33. The van der Waals surface area contributed by atoms with Gasteiger partial charge in [-0.1, -0.05) is 6.42 Å². The van der Waals surface area contributed by atoms with E-state index in [0.717, 1.165) is 19.3 Å². The number of ether oxygens (including phenoxy) is 2. The number of nitrogens with two attached hydrogens (primary N) is 1. The first kappa shape index (κ1) is 14.4. The maximum Gasteiger partial charge on any atom is 0.227 e. The summed E-state index contributed by atoms with van der Waals surface area (Å²) in [6, 6.07) is -0.0362. The van der Waals surface area contributed by atoms with Crippen LogP contribution in [-0.2, 0) is 14.3 Å². The van der Waals surface area contributed by atoms with Crippen LogP contribution in [0.3, 0.4) is 0 Å². The smallest absolute Gasteiger partial charge is 0.227 e. The highest BCUT2D eigenvalue weighted by Gasteiger charge is 2.42. The lowest BCUT2D eigenvalue weighted by Gasteiger charge is -2.28. The van der Waals surface area contributed by atoms with Gasteiger partial charge in [-0.25, -0.2) is 0 Å². The zero-order chi connectivity index (χ0) is 12.9. The molecule has 0 spiro atoms. The number of hydrogen-bond acceptors (Lipinski definition) is 4. The molecule has 0 radical (unpaired) electrons. The minimum Gasteiger partial charge on any atom is -0.382 e. The third-order valence-electron chi connectivity index (χ3n) is 3.72. The van der Waals surface area contributed by atoms with Gasteiger partial charge in [0.05, 0.1) is 18.1 Å². The molecule has 0 aromatic rings. The van der Waals surface area contributed by atoms with Crippen LogP contribution < -0.4 is 11.1 Å². The van der Waals surface area contributed by atoms with Gasteiger partial charge in [0.25, 0.3) is 0 Å². The molecule has 1 rings (SSSR count). The van der Waals surface area contributed by atoms with Crippen LogP contribution in [0.4, 0.5) is 0 Å². The molecule has 1 saturated carbocycles. The molecule has 100 valence electrons. The Kier molecular flexibility index (Phi) is 5.36. The molecular weight excluding hydrogens is 220 g/mol. The number of hydrogen-bond donors (Lipinski definition) is 2. The molecule has 0 aromatic heterocycles. The van der Waals surface area contributed by atoms with Gasteiger partial charge >= 0.3 is 0 Å². The minimum absolute atomic E-state index is 0.0284. The predicted octanol–water partition coefficient (Wildman–Crippen LogP) is 0.282. The lowest BCUT2D eigenvalue weighted by atomic mass is 9.84. The Bertz CT molecular complexity index is 260. The van der Waals surface area contributed by atoms with E-state index in [0.29, 0.717) is 13.2 Å². The normalized spacial score (nSPS) is 30.2. The summed E-state index contributed by atoms with van der Waals surface area (Å²) in [6.07, 6.45) is 2.71. The number of carbonyl (C=O) groups is 1. The molecule has 1 amide bonds. The Morgan fingerprint density at radius 3 is 2.76 bits per heavy atom. The van der Waals surface area contributed by atoms with E-state index in [-0.39, 0.29) is 18.1 Å². The largest absolute Gasteiger partial charge is 0.382 e. The number of rotatable bonds is 6. The van der Waals surface area contributed by atoms with Crippen LogP contribution >= 0.6 is 0 Å². The van der Waals surface area contributed by atoms with Gasteiger partial charge in [0.15, 0.2) is 0 Å². The number of carbonyl (C=O) groups excluding carboxylic acids is 1. The first-order valence-electron chi connectivity index (χ1n) is 6.10. The van der Waals surface area contributed by atoms with E-state index in [1.165, 1.54) is 0 Å². The van der Waals surface area contributed by atoms with Gasteiger partial charge in [-0.15, -0.1) is 0 Å². The highest BCUT2D eigenvalue weighted by atomic mass is 16.5. The van der Waals surface area contributed by atoms with Gasteiger partial charge in [-0.05, 0) is 19.8 Å². The average Bonchev–Trinajstić information content (AvgIpc) is 2.66. The summed E-state index contributed by atoms with van der Waals surface area (Å²) in [7, 11) is 3.22. The summed E-state index contributed by atoms with van der Waals surface area (Å²) < 4.78 is 10.2. The van der Waals surface area contributed by atoms with Crippen molar-refractivity contribution >= 4 is 5.91 Å². The molecule has 5 heteroatoms. The fraction of sp³-hybridized carbons (Fsp3) is 0.917. The second-order valence-electron chi connectivity index (χ2n) is 4.94. The quantitative estimate of drug-likeness (QED) is 0.704. The van der Waals surface area contributed by atoms with Crippen LogP contribution in [0, 0.1) is 5.41 Å². The molecule has 0 saturated heterocycles. The summed E-state index contributed by atoms with van der Waals surface area (Å²) in [5.41, 5.74) is 5.57. The van der Waals surface area contributed by atoms with Gasteiger partial charge in [0.2, 0.25) is 5.91 Å². The van der Waals surface area contributed by atoms with Crippen molar-refractivity contribution in [3.05, 3.63) is 0 Å². The Hall–Kier alpha value is -0.650. The first-order chi connectivity index (χ1) is 8.04. The standard InChI is InChI=1S/C12H24N2O3/c1-12(6-4-5-10(12)13)11(15)14-7-9(17-3)8-16-2/h9-10H,4-8,13H2,1-3H3,(H,14,15). The van der Waals surface area contributed by atoms with Crippen LogP contribution in [0.25, 0.3) is 0 Å². The molecule has 1 fully saturated rings. The van der Waals surface area contributed by atoms with Gasteiger partial charge in [0, 0.05) is 26.8 Å². The highest BCUT2D eigenvalue weighted by Crippen LogP contribution is 2.36. The van der Waals surface area contributed by atoms with Crippen molar-refractivity contribution in [3.63, 3.8) is 0 Å². The summed E-state index contributed by atoms with van der Waals surface area (Å²) in [5, 5.41) is 2.91. The maximum absolute atomic E-state index is 12.1. The number of nitrogens with one attached hydrogen (secondary N) is 1. The molecule has 0 bridgehead atoms. The van der Waals surface area contributed by atoms with Gasteiger partial charge in [-0.2, -0.15) is 0 Å². The molecule has 3 atom stereocenters. The van der Waals surface area contributed by atoms with Gasteiger partial charge in [0.1, 0.15) is 0 Å². The van der Waals surface area contributed by atoms with Crippen LogP contribution in [0.5, 0.6) is 0 Å². The van der Waals surface area contributed by atoms with Crippen LogP contribution in [0.15, 0.2) is 0 Å². The molecule has 0 aliphatic heterocycles. The molecule has 5 nitrogen and oxygen atoms in total. The van der Waals surface area contributed by atoms with Gasteiger partial charge < -0.3 is 20.5 Å². The van der Waals surface area contributed by atoms with Crippen LogP contribution in [-0.4, -0.2) is 45.4 Å². The molecule has 0 aromatic carbocycles. The van der Waals surface area contributed by atoms with E-state index in [4.69, 9.17) is 15.2 Å². The fourth-order valence-corrected chi connectivity index (χ4v) is 2.28. The summed E-state index contributed by atoms with van der Waals surface area (Å²) in [5.74, 6) is 0.0284. The third kappa shape index (κ3) is 3.40. The Balaban J connectivity index is 2.43. The Morgan fingerprint density at radius 1 is 1.59 bits per heavy atom. The number of amides is 1. The SMILES string of the molecule is COCC(CNC(=O)C1(C)CCCC1N)OC. The van der Waals surface area contributed by atoms with E-state index in [1.54, 1.807) is 14.2 Å². The van der Waals surface area contributed by atoms with Crippen molar-refractivity contribution in [1.29, 1.82) is 0 Å². The summed E-state index contributed by atoms with van der Waals surface area (Å²) in [6.45, 7) is 2.88. The number of methoxy groups -OCH3 is 2. The summed E-state index contributed by atoms with van der Waals surface area (Å²) >= 11 is 0. The van der Waals surface area contributed by atoms with E-state index in [2.05, 4.69) is 5.32 Å². The highest BCUT2D eigenvalue weighted by molar-refractivity contribution is 5.83. The molecule has 17 heavy (non-hydrogen) atoms. The minimum atomic E-state index is -0.425. The molecule has 1 aliphatic rings. The van der Waals surface area contributed by atoms with E-state index in [9.17, 15) is 4.79 Å². The van der Waals surface area contributed by atoms with Gasteiger partial charge in [-0.3, -0.25) is 4.79 Å². The van der Waals surface area contributed by atoms with Crippen molar-refractivity contribution in [2.75, 3.05) is 27.4 Å². The second-order valence-corrected chi connectivity index (χ2v) is 4.94. The first-order valence-corrected chi connectivity index (χ1v) is 6.10. The zero-order valence-corrected chi connectivity index (χ0v) is 11.0. The summed E-state index contributed by atoms with van der Waals surface area (Å²) in [4.78, 5) is 12.1. The van der Waals surface area contributed by atoms with Crippen molar-refractivity contribution in [2.24, 2.45) is 11.1 Å². The topological polar surface area (TPSA) is 73.6 Å². The van der Waals surface area contributed by atoms with Crippen LogP contribution in [0.2, 0.25) is 0 Å². The maximum atomic E-state index is 12.1. The molecular formula is C12H24N2O3. The average molecular weight is 244 g/mol. The van der Waals surface area contributed by atoms with E-state index in [1.807, 2.05) is 6.92 Å². The van der Waals surface area contributed by atoms with Crippen molar-refractivity contribution in [2.45, 2.75) is 38.3 Å². The Morgan fingerprint density at radius 2 is 2.29 bits per heavy atom. The predicted molar refractivity (Wildman–Crippen MR) is 65.6 cm³/mol. The molecule has 3 unspecified atom stereocenters. The lowest BCUT2D eigenvalue weighted by molar-refractivity contribution is -0.131.